The lowest BCUT2D eigenvalue weighted by atomic mass is 10.0. The third kappa shape index (κ3) is 4.93. The first-order valence-corrected chi connectivity index (χ1v) is 22.0. The maximum absolute atomic E-state index is 4.95. The Morgan fingerprint density at radius 2 is 0.500 bits per heavy atom. The highest BCUT2D eigenvalue weighted by atomic mass is 28.3. The van der Waals surface area contributed by atoms with E-state index in [1.165, 1.54) is 63.0 Å². The van der Waals surface area contributed by atoms with Crippen LogP contribution in [0.15, 0.2) is 225 Å². The molecule has 0 aliphatic heterocycles. The van der Waals surface area contributed by atoms with Crippen molar-refractivity contribution in [2.75, 3.05) is 0 Å². The van der Waals surface area contributed by atoms with Crippen LogP contribution in [-0.4, -0.2) is 21.1 Å². The fourth-order valence-electron chi connectivity index (χ4n) is 8.82. The van der Waals surface area contributed by atoms with Gasteiger partial charge in [0, 0.05) is 17.8 Å². The highest BCUT2D eigenvalue weighted by Gasteiger charge is 2.48. The molecule has 0 spiro atoms. The van der Waals surface area contributed by atoms with Gasteiger partial charge in [0.15, 0.2) is 16.1 Å². The van der Waals surface area contributed by atoms with E-state index in [0.29, 0.717) is 0 Å². The zero-order valence-electron chi connectivity index (χ0n) is 28.8. The van der Waals surface area contributed by atoms with Crippen molar-refractivity contribution in [3.8, 4) is 0 Å². The minimum atomic E-state index is -2.97. The van der Waals surface area contributed by atoms with Crippen molar-refractivity contribution in [1.29, 1.82) is 0 Å². The zero-order valence-corrected chi connectivity index (χ0v) is 30.8. The molecule has 0 saturated carbocycles. The van der Waals surface area contributed by atoms with Crippen molar-refractivity contribution >= 4 is 79.2 Å². The molecule has 0 unspecified atom stereocenters. The fraction of sp³-hybridized carbons (Fsp3) is 0. The summed E-state index contributed by atoms with van der Waals surface area (Å²) < 4.78 is 0. The SMILES string of the molecule is c1ccc([Si](c2ccccc2)(c2ccccc2)c2c3ccccc3c([Si](c3ccccc3)(c3ccccc3)c3ccccc3)c3cnccc23)cc1. The molecule has 246 valence electrons. The highest BCUT2D eigenvalue weighted by Crippen LogP contribution is 2.27. The summed E-state index contributed by atoms with van der Waals surface area (Å²) in [5, 5.41) is 16.0. The molecule has 0 amide bonds. The summed E-state index contributed by atoms with van der Waals surface area (Å²) >= 11 is 0. The maximum atomic E-state index is 4.95. The largest absolute Gasteiger partial charge is 0.264 e. The Balaban J connectivity index is 1.56. The summed E-state index contributed by atoms with van der Waals surface area (Å²) in [4.78, 5) is 4.95. The quantitative estimate of drug-likeness (QED) is 0.106. The number of fused-ring (bicyclic) bond motifs is 2. The van der Waals surface area contributed by atoms with Crippen molar-refractivity contribution in [1.82, 2.24) is 4.98 Å². The van der Waals surface area contributed by atoms with E-state index in [-0.39, 0.29) is 0 Å². The van der Waals surface area contributed by atoms with Crippen molar-refractivity contribution in [3.63, 3.8) is 0 Å². The lowest BCUT2D eigenvalue weighted by Gasteiger charge is -2.40. The molecule has 1 heterocycles. The van der Waals surface area contributed by atoms with Crippen LogP contribution in [0.5, 0.6) is 0 Å². The smallest absolute Gasteiger partial charge is 0.180 e. The van der Waals surface area contributed by atoms with Gasteiger partial charge in [0.1, 0.15) is 0 Å². The Morgan fingerprint density at radius 3 is 0.808 bits per heavy atom. The Bertz CT molecular complexity index is 2160. The summed E-state index contributed by atoms with van der Waals surface area (Å²) in [6.07, 6.45) is 4.17. The third-order valence-electron chi connectivity index (χ3n) is 10.8. The van der Waals surface area contributed by atoms with E-state index >= 15 is 0 Å². The number of aromatic nitrogens is 1. The second kappa shape index (κ2) is 13.5. The molecule has 0 N–H and O–H groups in total. The van der Waals surface area contributed by atoms with E-state index in [2.05, 4.69) is 219 Å². The van der Waals surface area contributed by atoms with Crippen molar-refractivity contribution < 1.29 is 0 Å². The molecule has 8 aromatic carbocycles. The first-order chi connectivity index (χ1) is 25.8. The average Bonchev–Trinajstić information content (AvgIpc) is 3.24. The van der Waals surface area contributed by atoms with E-state index in [0.717, 1.165) is 0 Å². The van der Waals surface area contributed by atoms with Crippen LogP contribution in [0.4, 0.5) is 0 Å². The molecule has 9 aromatic rings. The predicted octanol–water partition coefficient (Wildman–Crippen LogP) is 6.14. The molecular formula is C49H37NSi2. The van der Waals surface area contributed by atoms with E-state index < -0.39 is 16.1 Å². The van der Waals surface area contributed by atoms with Gasteiger partial charge in [-0.2, -0.15) is 0 Å². The van der Waals surface area contributed by atoms with Gasteiger partial charge in [-0.05, 0) is 63.7 Å². The van der Waals surface area contributed by atoms with Crippen LogP contribution < -0.4 is 41.5 Å². The first-order valence-electron chi connectivity index (χ1n) is 18.0. The van der Waals surface area contributed by atoms with E-state index in [1.807, 2.05) is 6.20 Å². The molecule has 0 bridgehead atoms. The topological polar surface area (TPSA) is 12.9 Å². The second-order valence-corrected chi connectivity index (χ2v) is 20.9. The Kier molecular flexibility index (Phi) is 8.28. The van der Waals surface area contributed by atoms with Gasteiger partial charge in [0.05, 0.1) is 0 Å². The lowest BCUT2D eigenvalue weighted by Crippen LogP contribution is -2.77. The van der Waals surface area contributed by atoms with Crippen LogP contribution >= 0.6 is 0 Å². The molecule has 0 aliphatic carbocycles. The molecule has 0 atom stereocenters. The molecule has 0 fully saturated rings. The van der Waals surface area contributed by atoms with E-state index in [4.69, 9.17) is 4.98 Å². The van der Waals surface area contributed by atoms with Crippen LogP contribution in [-0.2, 0) is 0 Å². The van der Waals surface area contributed by atoms with Crippen molar-refractivity contribution in [3.05, 3.63) is 225 Å². The summed E-state index contributed by atoms with van der Waals surface area (Å²) in [6.45, 7) is 0. The van der Waals surface area contributed by atoms with Gasteiger partial charge in [-0.3, -0.25) is 4.98 Å². The summed E-state index contributed by atoms with van der Waals surface area (Å²) in [5.41, 5.74) is 0. The maximum Gasteiger partial charge on any atom is 0.180 e. The lowest BCUT2D eigenvalue weighted by molar-refractivity contribution is 1.37. The Hall–Kier alpha value is -6.14. The summed E-state index contributed by atoms with van der Waals surface area (Å²) in [5.74, 6) is 0. The molecule has 0 saturated heterocycles. The normalized spacial score (nSPS) is 11.8. The predicted molar refractivity (Wildman–Crippen MR) is 226 cm³/mol. The minimum absolute atomic E-state index is 1.22. The van der Waals surface area contributed by atoms with E-state index in [1.54, 1.807) is 0 Å². The number of pyridine rings is 1. The van der Waals surface area contributed by atoms with Crippen molar-refractivity contribution in [2.45, 2.75) is 0 Å². The molecule has 0 aliphatic rings. The molecule has 1 aromatic heterocycles. The van der Waals surface area contributed by atoms with Gasteiger partial charge in [-0.25, -0.2) is 0 Å². The molecule has 52 heavy (non-hydrogen) atoms. The number of rotatable bonds is 8. The van der Waals surface area contributed by atoms with Gasteiger partial charge in [0.25, 0.3) is 0 Å². The number of nitrogens with zero attached hydrogens (tertiary/aromatic N) is 1. The summed E-state index contributed by atoms with van der Waals surface area (Å²) in [6, 6.07) is 79.2. The van der Waals surface area contributed by atoms with Crippen LogP contribution in [0.1, 0.15) is 0 Å². The number of hydrogen-bond acceptors (Lipinski definition) is 1. The monoisotopic (exact) mass is 695 g/mol. The van der Waals surface area contributed by atoms with Crippen LogP contribution in [0.3, 0.4) is 0 Å². The highest BCUT2D eigenvalue weighted by molar-refractivity contribution is 7.23. The van der Waals surface area contributed by atoms with Crippen LogP contribution in [0.2, 0.25) is 0 Å². The van der Waals surface area contributed by atoms with Gasteiger partial charge in [-0.15, -0.1) is 0 Å². The third-order valence-corrected chi connectivity index (χ3v) is 20.6. The van der Waals surface area contributed by atoms with Crippen LogP contribution in [0, 0.1) is 0 Å². The van der Waals surface area contributed by atoms with E-state index in [9.17, 15) is 0 Å². The zero-order chi connectivity index (χ0) is 34.8. The standard InChI is InChI=1S/C49H37NSi2/c1-7-21-38(22-8-1)51(39-23-9-2-10-24-39,40-25-11-3-12-26-40)48-44-33-19-20-34-45(44)49(47-37-50-36-35-46(47)48)52(41-27-13-4-14-28-41,42-29-15-5-16-30-42)43-31-17-6-18-32-43/h1-37H. The fourth-order valence-corrected chi connectivity index (χ4v) is 19.2. The Morgan fingerprint density at radius 1 is 0.250 bits per heavy atom. The molecular weight excluding hydrogens is 659 g/mol. The van der Waals surface area contributed by atoms with Gasteiger partial charge in [0.2, 0.25) is 0 Å². The van der Waals surface area contributed by atoms with Crippen molar-refractivity contribution in [2.24, 2.45) is 0 Å². The molecule has 3 heteroatoms. The minimum Gasteiger partial charge on any atom is -0.264 e. The second-order valence-electron chi connectivity index (χ2n) is 13.4. The molecule has 0 radical (unpaired) electrons. The average molecular weight is 696 g/mol. The molecule has 1 nitrogen and oxygen atoms in total. The van der Waals surface area contributed by atoms with Crippen LogP contribution in [0.25, 0.3) is 21.5 Å². The summed E-state index contributed by atoms with van der Waals surface area (Å²) in [7, 11) is -5.93. The molecule has 9 rings (SSSR count). The first kappa shape index (κ1) is 31.8. The van der Waals surface area contributed by atoms with Gasteiger partial charge >= 0.3 is 0 Å². The Labute approximate surface area is 307 Å². The number of benzene rings is 8. The number of hydrogen-bond donors (Lipinski definition) is 0. The van der Waals surface area contributed by atoms with Gasteiger partial charge < -0.3 is 0 Å². The van der Waals surface area contributed by atoms with Gasteiger partial charge in [-0.1, -0.05) is 206 Å².